The van der Waals surface area contributed by atoms with Crippen LogP contribution in [0.1, 0.15) is 18.9 Å². The first kappa shape index (κ1) is 15.1. The van der Waals surface area contributed by atoms with Crippen molar-refractivity contribution in [1.29, 1.82) is 0 Å². The Morgan fingerprint density at radius 2 is 2.24 bits per heavy atom. The molecule has 1 heterocycles. The normalized spacial score (nSPS) is 17.6. The van der Waals surface area contributed by atoms with Gasteiger partial charge in [0.05, 0.1) is 6.54 Å². The van der Waals surface area contributed by atoms with E-state index in [1.807, 2.05) is 6.07 Å². The highest BCUT2D eigenvalue weighted by molar-refractivity contribution is 6.03. The smallest absolute Gasteiger partial charge is 0.232 e. The molecule has 1 unspecified atom stereocenters. The van der Waals surface area contributed by atoms with Crippen molar-refractivity contribution >= 4 is 11.8 Å². The Kier molecular flexibility index (Phi) is 4.96. The van der Waals surface area contributed by atoms with E-state index in [0.717, 1.165) is 5.56 Å². The van der Waals surface area contributed by atoms with Crippen molar-refractivity contribution in [3.63, 3.8) is 0 Å². The third-order valence-corrected chi connectivity index (χ3v) is 3.20. The number of carbonyl (C=O) groups excluding carboxylic acids is 2. The molecule has 0 bridgehead atoms. The lowest BCUT2D eigenvalue weighted by molar-refractivity contribution is -0.139. The van der Waals surface area contributed by atoms with Crippen molar-refractivity contribution in [1.82, 2.24) is 4.90 Å². The number of imide groups is 1. The molecule has 5 nitrogen and oxygen atoms in total. The topological polar surface area (TPSA) is 66.8 Å². The van der Waals surface area contributed by atoms with Gasteiger partial charge in [-0.05, 0) is 18.2 Å². The van der Waals surface area contributed by atoms with Gasteiger partial charge in [-0.2, -0.15) is 0 Å². The molecule has 1 aromatic carbocycles. The highest BCUT2D eigenvalue weighted by Crippen LogP contribution is 2.18. The van der Waals surface area contributed by atoms with Crippen molar-refractivity contribution < 1.29 is 19.4 Å². The number of aliphatic hydroxyl groups is 1. The average Bonchev–Trinajstić information content (AvgIpc) is 2.72. The maximum atomic E-state index is 11.7. The number of benzene rings is 1. The van der Waals surface area contributed by atoms with E-state index in [-0.39, 0.29) is 43.9 Å². The minimum Gasteiger partial charge on any atom is -0.492 e. The van der Waals surface area contributed by atoms with Crippen molar-refractivity contribution in [2.45, 2.75) is 13.3 Å². The Labute approximate surface area is 123 Å². The number of nitrogens with zero attached hydrogens (tertiary/aromatic N) is 1. The fourth-order valence-electron chi connectivity index (χ4n) is 2.14. The predicted molar refractivity (Wildman–Crippen MR) is 76.4 cm³/mol. The van der Waals surface area contributed by atoms with Gasteiger partial charge in [0.25, 0.3) is 0 Å². The van der Waals surface area contributed by atoms with E-state index in [0.29, 0.717) is 5.75 Å². The minimum atomic E-state index is -0.227. The lowest BCUT2D eigenvalue weighted by atomic mass is 10.1. The Bertz CT molecular complexity index is 600. The van der Waals surface area contributed by atoms with Crippen LogP contribution in [0.5, 0.6) is 5.75 Å². The Balaban J connectivity index is 1.89. The third kappa shape index (κ3) is 3.83. The highest BCUT2D eigenvalue weighted by Gasteiger charge is 2.35. The number of hydrogen-bond acceptors (Lipinski definition) is 4. The summed E-state index contributed by atoms with van der Waals surface area (Å²) in [5.74, 6) is 5.47. The van der Waals surface area contributed by atoms with Crippen molar-refractivity contribution in [3.8, 4) is 17.6 Å². The third-order valence-electron chi connectivity index (χ3n) is 3.20. The van der Waals surface area contributed by atoms with E-state index >= 15 is 0 Å². The average molecular weight is 287 g/mol. The summed E-state index contributed by atoms with van der Waals surface area (Å²) >= 11 is 0. The monoisotopic (exact) mass is 287 g/mol. The first-order chi connectivity index (χ1) is 10.1. The van der Waals surface area contributed by atoms with Gasteiger partial charge >= 0.3 is 0 Å². The summed E-state index contributed by atoms with van der Waals surface area (Å²) in [7, 11) is 0. The van der Waals surface area contributed by atoms with E-state index in [2.05, 4.69) is 11.8 Å². The fourth-order valence-corrected chi connectivity index (χ4v) is 2.14. The van der Waals surface area contributed by atoms with Gasteiger partial charge in [0.1, 0.15) is 19.0 Å². The lowest BCUT2D eigenvalue weighted by Gasteiger charge is -2.14. The molecule has 1 aliphatic heterocycles. The van der Waals surface area contributed by atoms with Crippen molar-refractivity contribution in [3.05, 3.63) is 29.8 Å². The number of aliphatic hydroxyl groups excluding tert-OH is 1. The van der Waals surface area contributed by atoms with Crippen LogP contribution in [0.2, 0.25) is 0 Å². The summed E-state index contributed by atoms with van der Waals surface area (Å²) in [6.07, 6.45) is 0.283. The molecule has 2 rings (SSSR count). The molecule has 0 saturated carbocycles. The molecule has 1 saturated heterocycles. The molecule has 1 aliphatic rings. The number of amides is 2. The molecule has 110 valence electrons. The molecule has 1 atom stereocenters. The second-order valence-corrected chi connectivity index (χ2v) is 4.82. The van der Waals surface area contributed by atoms with Crippen LogP contribution in [0.25, 0.3) is 0 Å². The molecule has 2 amide bonds. The number of carbonyl (C=O) groups is 2. The molecular formula is C16H17NO4. The summed E-state index contributed by atoms with van der Waals surface area (Å²) < 4.78 is 5.54. The molecule has 1 fully saturated rings. The molecule has 0 spiro atoms. The summed E-state index contributed by atoms with van der Waals surface area (Å²) in [6, 6.07) is 7.13. The number of likely N-dealkylation sites (tertiary alicyclic amines) is 1. The van der Waals surface area contributed by atoms with Crippen LogP contribution in [-0.4, -0.2) is 41.6 Å². The maximum absolute atomic E-state index is 11.7. The van der Waals surface area contributed by atoms with Gasteiger partial charge < -0.3 is 9.84 Å². The molecule has 0 aliphatic carbocycles. The zero-order chi connectivity index (χ0) is 15.2. The number of rotatable bonds is 4. The van der Waals surface area contributed by atoms with Crippen LogP contribution in [0, 0.1) is 17.8 Å². The Morgan fingerprint density at radius 1 is 1.43 bits per heavy atom. The molecule has 1 N–H and O–H groups in total. The van der Waals surface area contributed by atoms with Gasteiger partial charge in [0, 0.05) is 17.9 Å². The quantitative estimate of drug-likeness (QED) is 0.657. The summed E-state index contributed by atoms with van der Waals surface area (Å²) in [4.78, 5) is 24.6. The Morgan fingerprint density at radius 3 is 2.90 bits per heavy atom. The molecule has 1 aromatic rings. The van der Waals surface area contributed by atoms with Gasteiger partial charge in [-0.1, -0.05) is 24.8 Å². The van der Waals surface area contributed by atoms with Gasteiger partial charge in [0.2, 0.25) is 11.8 Å². The summed E-state index contributed by atoms with van der Waals surface area (Å²) in [6.45, 7) is 2.07. The SMILES string of the molecule is CC1CC(=O)N(CCOc2cccc(C#CCO)c2)C1=O. The van der Waals surface area contributed by atoms with Crippen LogP contribution in [0.3, 0.4) is 0 Å². The van der Waals surface area contributed by atoms with E-state index in [4.69, 9.17) is 9.84 Å². The van der Waals surface area contributed by atoms with Crippen LogP contribution in [0.4, 0.5) is 0 Å². The largest absolute Gasteiger partial charge is 0.492 e. The first-order valence-corrected chi connectivity index (χ1v) is 6.78. The van der Waals surface area contributed by atoms with Crippen LogP contribution in [0.15, 0.2) is 24.3 Å². The standard InChI is InChI=1S/C16H17NO4/c1-12-10-15(19)17(16(12)20)7-9-21-14-6-2-4-13(11-14)5-3-8-18/h2,4,6,11-12,18H,7-10H2,1H3. The fraction of sp³-hybridized carbons (Fsp3) is 0.375. The van der Waals surface area contributed by atoms with Crippen LogP contribution in [-0.2, 0) is 9.59 Å². The zero-order valence-corrected chi connectivity index (χ0v) is 11.8. The van der Waals surface area contributed by atoms with Gasteiger partial charge in [-0.15, -0.1) is 0 Å². The number of ether oxygens (including phenoxy) is 1. The van der Waals surface area contributed by atoms with Crippen molar-refractivity contribution in [2.24, 2.45) is 5.92 Å². The molecule has 0 radical (unpaired) electrons. The minimum absolute atomic E-state index is 0.133. The second-order valence-electron chi connectivity index (χ2n) is 4.82. The van der Waals surface area contributed by atoms with Gasteiger partial charge in [0.15, 0.2) is 0 Å². The van der Waals surface area contributed by atoms with Gasteiger partial charge in [-0.25, -0.2) is 0 Å². The second kappa shape index (κ2) is 6.91. The van der Waals surface area contributed by atoms with E-state index in [1.54, 1.807) is 25.1 Å². The molecule has 5 heteroatoms. The van der Waals surface area contributed by atoms with Crippen molar-refractivity contribution in [2.75, 3.05) is 19.8 Å². The van der Waals surface area contributed by atoms with E-state index < -0.39 is 0 Å². The number of hydrogen-bond donors (Lipinski definition) is 1. The molecular weight excluding hydrogens is 270 g/mol. The van der Waals surface area contributed by atoms with Gasteiger partial charge in [-0.3, -0.25) is 14.5 Å². The Hall–Kier alpha value is -2.32. The van der Waals surface area contributed by atoms with E-state index in [1.165, 1.54) is 4.90 Å². The van der Waals surface area contributed by atoms with E-state index in [9.17, 15) is 9.59 Å². The molecule has 21 heavy (non-hydrogen) atoms. The first-order valence-electron chi connectivity index (χ1n) is 6.78. The van der Waals surface area contributed by atoms with Crippen LogP contribution >= 0.6 is 0 Å². The lowest BCUT2D eigenvalue weighted by Crippen LogP contribution is -2.34. The van der Waals surface area contributed by atoms with Crippen LogP contribution < -0.4 is 4.74 Å². The molecule has 0 aromatic heterocycles. The summed E-state index contributed by atoms with van der Waals surface area (Å²) in [5.41, 5.74) is 0.739. The predicted octanol–water partition coefficient (Wildman–Crippen LogP) is 0.804. The highest BCUT2D eigenvalue weighted by atomic mass is 16.5. The zero-order valence-electron chi connectivity index (χ0n) is 11.8. The summed E-state index contributed by atoms with van der Waals surface area (Å²) in [5, 5.41) is 8.66. The maximum Gasteiger partial charge on any atom is 0.232 e.